The lowest BCUT2D eigenvalue weighted by Crippen LogP contribution is -2.33. The number of amides is 1. The topological polar surface area (TPSA) is 129 Å². The predicted octanol–water partition coefficient (Wildman–Crippen LogP) is 4.39. The summed E-state index contributed by atoms with van der Waals surface area (Å²) in [4.78, 5) is 35.2. The number of hydrazone groups is 1. The highest BCUT2D eigenvalue weighted by Gasteiger charge is 2.20. The fourth-order valence-electron chi connectivity index (χ4n) is 2.84. The number of esters is 1. The first-order valence-electron chi connectivity index (χ1n) is 10.2. The van der Waals surface area contributed by atoms with Gasteiger partial charge in [0.2, 0.25) is 0 Å². The molecule has 0 unspecified atom stereocenters. The number of methoxy groups -OCH3 is 1. The van der Waals surface area contributed by atoms with Crippen molar-refractivity contribution in [2.75, 3.05) is 7.11 Å². The van der Waals surface area contributed by atoms with E-state index in [9.17, 15) is 19.7 Å². The molecule has 0 saturated heterocycles. The molecule has 0 saturated carbocycles. The first-order chi connectivity index (χ1) is 16.8. The Balaban J connectivity index is 1.63. The molecule has 0 aliphatic heterocycles. The molecular weight excluding hydrogens is 478 g/mol. The second-order valence-corrected chi connectivity index (χ2v) is 7.41. The minimum atomic E-state index is -1.05. The lowest BCUT2D eigenvalue weighted by Gasteiger charge is -2.13. The number of nitrogens with one attached hydrogen (secondary N) is 1. The standard InChI is InChI=1S/C24H20ClN3O7/c1-15(34-20-10-6-5-9-19(20)28(31)32)23(29)27-26-14-16-11-12-21(22(13-16)33-2)35-24(30)17-7-3-4-8-18(17)25/h3-15H,1-2H3,(H,27,29)/b26-14-/t15-/m0/s1. The summed E-state index contributed by atoms with van der Waals surface area (Å²) in [7, 11) is 1.41. The quantitative estimate of drug-likeness (QED) is 0.152. The predicted molar refractivity (Wildman–Crippen MR) is 128 cm³/mol. The van der Waals surface area contributed by atoms with Crippen LogP contribution in [0.1, 0.15) is 22.8 Å². The Kier molecular flexibility index (Phi) is 8.36. The molecule has 0 aliphatic rings. The Morgan fingerprint density at radius 2 is 1.77 bits per heavy atom. The molecule has 0 heterocycles. The van der Waals surface area contributed by atoms with Crippen LogP contribution in [-0.4, -0.2) is 36.2 Å². The zero-order valence-electron chi connectivity index (χ0n) is 18.6. The van der Waals surface area contributed by atoms with Gasteiger partial charge in [-0.3, -0.25) is 14.9 Å². The maximum Gasteiger partial charge on any atom is 0.345 e. The fourth-order valence-corrected chi connectivity index (χ4v) is 3.06. The maximum atomic E-state index is 12.4. The first-order valence-corrected chi connectivity index (χ1v) is 10.6. The molecule has 1 amide bonds. The summed E-state index contributed by atoms with van der Waals surface area (Å²) in [6.07, 6.45) is 0.298. The number of para-hydroxylation sites is 2. The second kappa shape index (κ2) is 11.6. The summed E-state index contributed by atoms with van der Waals surface area (Å²) in [5.74, 6) is -0.860. The number of carbonyl (C=O) groups excluding carboxylic acids is 2. The number of rotatable bonds is 9. The minimum Gasteiger partial charge on any atom is -0.493 e. The largest absolute Gasteiger partial charge is 0.493 e. The van der Waals surface area contributed by atoms with Crippen LogP contribution in [0.15, 0.2) is 71.8 Å². The second-order valence-electron chi connectivity index (χ2n) is 7.00. The molecular formula is C24H20ClN3O7. The number of nitro groups is 1. The molecule has 180 valence electrons. The zero-order chi connectivity index (χ0) is 25.4. The lowest BCUT2D eigenvalue weighted by molar-refractivity contribution is -0.386. The van der Waals surface area contributed by atoms with Crippen LogP contribution in [0.3, 0.4) is 0 Å². The lowest BCUT2D eigenvalue weighted by atomic mass is 10.2. The van der Waals surface area contributed by atoms with E-state index in [4.69, 9.17) is 25.8 Å². The molecule has 11 heteroatoms. The van der Waals surface area contributed by atoms with Gasteiger partial charge in [0.05, 0.1) is 28.8 Å². The van der Waals surface area contributed by atoms with E-state index in [1.54, 1.807) is 42.5 Å². The number of benzene rings is 3. The van der Waals surface area contributed by atoms with Crippen molar-refractivity contribution in [1.82, 2.24) is 5.43 Å². The van der Waals surface area contributed by atoms with Gasteiger partial charge in [0.1, 0.15) is 0 Å². The molecule has 0 fully saturated rings. The number of halogens is 1. The van der Waals surface area contributed by atoms with Crippen LogP contribution in [0.2, 0.25) is 5.02 Å². The summed E-state index contributed by atoms with van der Waals surface area (Å²) in [6, 6.07) is 16.9. The van der Waals surface area contributed by atoms with Crippen molar-refractivity contribution in [3.05, 3.63) is 93.0 Å². The van der Waals surface area contributed by atoms with Crippen molar-refractivity contribution >= 4 is 35.4 Å². The number of carbonyl (C=O) groups is 2. The molecule has 0 bridgehead atoms. The average molecular weight is 498 g/mol. The van der Waals surface area contributed by atoms with Gasteiger partial charge in [-0.25, -0.2) is 10.2 Å². The van der Waals surface area contributed by atoms with Crippen molar-refractivity contribution in [1.29, 1.82) is 0 Å². The minimum absolute atomic E-state index is 0.0317. The fraction of sp³-hybridized carbons (Fsp3) is 0.125. The zero-order valence-corrected chi connectivity index (χ0v) is 19.4. The smallest absolute Gasteiger partial charge is 0.345 e. The van der Waals surface area contributed by atoms with E-state index in [0.29, 0.717) is 5.56 Å². The highest BCUT2D eigenvalue weighted by Crippen LogP contribution is 2.29. The molecule has 10 nitrogen and oxygen atoms in total. The Morgan fingerprint density at radius 1 is 1.06 bits per heavy atom. The van der Waals surface area contributed by atoms with E-state index in [0.717, 1.165) is 0 Å². The molecule has 3 aromatic rings. The third-order valence-electron chi connectivity index (χ3n) is 4.61. The average Bonchev–Trinajstić information content (AvgIpc) is 2.85. The van der Waals surface area contributed by atoms with Gasteiger partial charge in [0.25, 0.3) is 5.91 Å². The maximum absolute atomic E-state index is 12.4. The monoisotopic (exact) mass is 497 g/mol. The van der Waals surface area contributed by atoms with Crippen molar-refractivity contribution in [2.24, 2.45) is 5.10 Å². The van der Waals surface area contributed by atoms with Gasteiger partial charge >= 0.3 is 11.7 Å². The van der Waals surface area contributed by atoms with Crippen LogP contribution in [0.4, 0.5) is 5.69 Å². The highest BCUT2D eigenvalue weighted by molar-refractivity contribution is 6.33. The van der Waals surface area contributed by atoms with Crippen LogP contribution in [0.5, 0.6) is 17.2 Å². The van der Waals surface area contributed by atoms with E-state index in [2.05, 4.69) is 10.5 Å². The normalized spacial score (nSPS) is 11.5. The van der Waals surface area contributed by atoms with Gasteiger partial charge in [-0.1, -0.05) is 35.9 Å². The van der Waals surface area contributed by atoms with Gasteiger partial charge in [-0.2, -0.15) is 5.10 Å². The van der Waals surface area contributed by atoms with Crippen LogP contribution in [0.25, 0.3) is 0 Å². The Labute approximate surface area is 205 Å². The number of ether oxygens (including phenoxy) is 3. The summed E-state index contributed by atoms with van der Waals surface area (Å²) in [5, 5.41) is 15.2. The van der Waals surface area contributed by atoms with Gasteiger partial charge < -0.3 is 14.2 Å². The highest BCUT2D eigenvalue weighted by atomic mass is 35.5. The van der Waals surface area contributed by atoms with Gasteiger partial charge in [0, 0.05) is 6.07 Å². The van der Waals surface area contributed by atoms with Crippen molar-refractivity contribution < 1.29 is 28.7 Å². The van der Waals surface area contributed by atoms with E-state index in [1.165, 1.54) is 44.5 Å². The Hall–Kier alpha value is -4.44. The molecule has 1 atom stereocenters. The summed E-state index contributed by atoms with van der Waals surface area (Å²) >= 11 is 6.03. The van der Waals surface area contributed by atoms with Gasteiger partial charge in [-0.15, -0.1) is 0 Å². The van der Waals surface area contributed by atoms with E-state index in [-0.39, 0.29) is 33.5 Å². The van der Waals surface area contributed by atoms with E-state index >= 15 is 0 Å². The molecule has 1 N–H and O–H groups in total. The molecule has 0 radical (unpaired) electrons. The van der Waals surface area contributed by atoms with Crippen LogP contribution in [0, 0.1) is 10.1 Å². The Morgan fingerprint density at radius 3 is 2.49 bits per heavy atom. The van der Waals surface area contributed by atoms with Gasteiger partial charge in [0.15, 0.2) is 23.4 Å². The van der Waals surface area contributed by atoms with Crippen molar-refractivity contribution in [3.8, 4) is 17.2 Å². The van der Waals surface area contributed by atoms with E-state index in [1.807, 2.05) is 0 Å². The van der Waals surface area contributed by atoms with E-state index < -0.39 is 22.9 Å². The van der Waals surface area contributed by atoms with Gasteiger partial charge in [-0.05, 0) is 48.9 Å². The molecule has 35 heavy (non-hydrogen) atoms. The van der Waals surface area contributed by atoms with Crippen LogP contribution < -0.4 is 19.6 Å². The summed E-state index contributed by atoms with van der Waals surface area (Å²) < 4.78 is 16.1. The summed E-state index contributed by atoms with van der Waals surface area (Å²) in [6.45, 7) is 1.44. The number of nitro benzene ring substituents is 1. The van der Waals surface area contributed by atoms with Crippen LogP contribution >= 0.6 is 11.6 Å². The SMILES string of the molecule is COc1cc(/C=N\NC(=O)[C@H](C)Oc2ccccc2[N+](=O)[O-])ccc1OC(=O)c1ccccc1Cl. The van der Waals surface area contributed by atoms with Crippen molar-refractivity contribution in [3.63, 3.8) is 0 Å². The number of nitrogens with zero attached hydrogens (tertiary/aromatic N) is 2. The molecule has 3 rings (SSSR count). The third kappa shape index (κ3) is 6.55. The third-order valence-corrected chi connectivity index (χ3v) is 4.94. The number of hydrogen-bond acceptors (Lipinski definition) is 8. The summed E-state index contributed by atoms with van der Waals surface area (Å²) in [5.41, 5.74) is 2.80. The Bertz CT molecular complexity index is 1280. The molecule has 0 aromatic heterocycles. The van der Waals surface area contributed by atoms with Crippen LogP contribution in [-0.2, 0) is 4.79 Å². The molecule has 3 aromatic carbocycles. The molecule has 0 aliphatic carbocycles. The van der Waals surface area contributed by atoms with Crippen molar-refractivity contribution in [2.45, 2.75) is 13.0 Å². The molecule has 0 spiro atoms. The number of hydrogen-bond donors (Lipinski definition) is 1. The first kappa shape index (κ1) is 25.2.